The van der Waals surface area contributed by atoms with Crippen molar-refractivity contribution >= 4 is 23.3 Å². The molecule has 69 heavy (non-hydrogen) atoms. The Kier molecular flexibility index (Phi) is 25.7. The van der Waals surface area contributed by atoms with Crippen LogP contribution < -0.4 is 0 Å². The first-order chi connectivity index (χ1) is 30.5. The number of rotatable bonds is 8. The Hall–Kier alpha value is -2.32. The van der Waals surface area contributed by atoms with Crippen LogP contribution in [0.2, 0.25) is 0 Å². The van der Waals surface area contributed by atoms with Crippen molar-refractivity contribution in [3.05, 3.63) is 0 Å². The summed E-state index contributed by atoms with van der Waals surface area (Å²) in [6.45, 7) is 24.5. The van der Waals surface area contributed by atoms with E-state index in [4.69, 9.17) is 43.0 Å². The van der Waals surface area contributed by atoms with Gasteiger partial charge in [-0.1, -0.05) is 7.43 Å². The van der Waals surface area contributed by atoms with E-state index in [-0.39, 0.29) is 7.43 Å². The second kappa shape index (κ2) is 26.6. The molecule has 25 heteroatoms. The Morgan fingerprint density at radius 1 is 0.348 bits per heavy atom. The van der Waals surface area contributed by atoms with Crippen LogP contribution >= 0.6 is 0 Å². The molecule has 0 bridgehead atoms. The predicted octanol–water partition coefficient (Wildman–Crippen LogP) is -3.08. The smallest absolute Gasteiger partial charge is 0.335 e. The van der Waals surface area contributed by atoms with E-state index in [0.717, 1.165) is 0 Å². The topological polar surface area (TPSA) is 405 Å². The lowest BCUT2D eigenvalue weighted by atomic mass is 9.95. The third kappa shape index (κ3) is 20.6. The van der Waals surface area contributed by atoms with Crippen LogP contribution in [0.1, 0.15) is 111 Å². The van der Waals surface area contributed by atoms with Gasteiger partial charge in [0.1, 0.15) is 91.6 Å². The summed E-state index contributed by atoms with van der Waals surface area (Å²) in [5, 5.41) is 124. The van der Waals surface area contributed by atoms with Crippen molar-refractivity contribution in [1.82, 2.24) is 0 Å². The van der Waals surface area contributed by atoms with Crippen LogP contribution in [-0.4, -0.2) is 235 Å². The molecule has 0 aromatic rings. The summed E-state index contributed by atoms with van der Waals surface area (Å²) in [6, 6.07) is 0. The molecule has 4 saturated heterocycles. The number of carbonyl (C=O) groups excluding carboxylic acids is 3. The maximum absolute atomic E-state index is 11.2. The first kappa shape index (κ1) is 66.7. The first-order valence-electron chi connectivity index (χ1n) is 21.8. The number of carboxylic acids is 1. The largest absolute Gasteiger partial charge is 0.479 e. The minimum atomic E-state index is -1.74. The molecule has 0 saturated carbocycles. The molecule has 25 nitrogen and oxygen atoms in total. The van der Waals surface area contributed by atoms with Gasteiger partial charge in [0, 0.05) is 0 Å². The van der Waals surface area contributed by atoms with Crippen molar-refractivity contribution in [1.29, 1.82) is 0 Å². The second-order valence-electron chi connectivity index (χ2n) is 20.7. The average molecular weight is 1010 g/mol. The minimum absolute atomic E-state index is 0. The van der Waals surface area contributed by atoms with Gasteiger partial charge in [-0.15, -0.1) is 0 Å². The molecule has 4 heterocycles. The molecule has 4 fully saturated rings. The molecule has 0 aliphatic carbocycles. The number of aliphatic carboxylic acids is 1. The highest BCUT2D eigenvalue weighted by molar-refractivity contribution is 5.82. The van der Waals surface area contributed by atoms with E-state index in [1.165, 1.54) is 20.8 Å². The maximum atomic E-state index is 11.2. The summed E-state index contributed by atoms with van der Waals surface area (Å²) in [6.07, 6.45) is -27.2. The molecule has 4 aliphatic heterocycles. The fourth-order valence-electron chi connectivity index (χ4n) is 6.67. The van der Waals surface area contributed by atoms with Crippen molar-refractivity contribution in [2.45, 2.75) is 257 Å². The van der Waals surface area contributed by atoms with E-state index in [0.29, 0.717) is 0 Å². The summed E-state index contributed by atoms with van der Waals surface area (Å²) in [5.74, 6) is -2.68. The molecule has 0 amide bonds. The molecule has 0 radical (unpaired) electrons. The zero-order valence-corrected chi connectivity index (χ0v) is 41.3. The normalized spacial score (nSPS) is 38.5. The molecular weight excluding hydrogens is 928 g/mol. The van der Waals surface area contributed by atoms with E-state index in [1.807, 2.05) is 0 Å². The SMILES string of the molecule is C.CC(=O)[C@H]1O[C@@H](O)[C@H](O)[C@@H](OC(C)(C)C)[C@@H]1O.CC(=O)[C@H]1O[C@@H](O)[C@H](OC(C)(C)C)[C@@H](O)[C@@H]1O.CC(=O)[C@H]1O[C@@H](OC(C)(C)C)[C@H](O)[C@@H](O)[C@@H]1O.CC(C)(C)O[C@H]1[C@H](O)[C@@H](O)[C@H](O)O[C@@H]1C(=O)O. The maximum Gasteiger partial charge on any atom is 0.335 e. The molecule has 0 spiro atoms. The summed E-state index contributed by atoms with van der Waals surface area (Å²) in [5.41, 5.74) is -2.55. The van der Waals surface area contributed by atoms with Gasteiger partial charge in [0.15, 0.2) is 48.6 Å². The van der Waals surface area contributed by atoms with Gasteiger partial charge < -0.3 is 104 Å². The van der Waals surface area contributed by atoms with Crippen LogP contribution in [0.15, 0.2) is 0 Å². The lowest BCUT2D eigenvalue weighted by Gasteiger charge is -2.42. The van der Waals surface area contributed by atoms with Gasteiger partial charge in [-0.25, -0.2) is 4.79 Å². The highest BCUT2D eigenvalue weighted by Crippen LogP contribution is 2.30. The Bertz CT molecular complexity index is 1590. The number of ketones is 3. The molecule has 4 aliphatic rings. The van der Waals surface area contributed by atoms with E-state index < -0.39 is 169 Å². The molecule has 0 aromatic heterocycles. The number of aliphatic hydroxyl groups is 12. The van der Waals surface area contributed by atoms with Crippen molar-refractivity contribution in [2.75, 3.05) is 0 Å². The number of carboxylic acid groups (broad SMARTS) is 1. The summed E-state index contributed by atoms with van der Waals surface area (Å²) < 4.78 is 41.3. The summed E-state index contributed by atoms with van der Waals surface area (Å²) in [4.78, 5) is 44.6. The van der Waals surface area contributed by atoms with Crippen molar-refractivity contribution in [3.63, 3.8) is 0 Å². The number of hydrogen-bond donors (Lipinski definition) is 13. The van der Waals surface area contributed by atoms with E-state index in [1.54, 1.807) is 83.1 Å². The van der Waals surface area contributed by atoms with Gasteiger partial charge >= 0.3 is 5.97 Å². The van der Waals surface area contributed by atoms with Crippen molar-refractivity contribution in [2.24, 2.45) is 0 Å². The van der Waals surface area contributed by atoms with Gasteiger partial charge in [0.25, 0.3) is 0 Å². The molecule has 0 unspecified atom stereocenters. The zero-order chi connectivity index (χ0) is 53.5. The summed E-state index contributed by atoms with van der Waals surface area (Å²) >= 11 is 0. The number of Topliss-reactive ketones (excluding diaryl/α,β-unsaturated/α-hetero) is 3. The zero-order valence-electron chi connectivity index (χ0n) is 41.3. The molecule has 0 aromatic carbocycles. The van der Waals surface area contributed by atoms with Crippen molar-refractivity contribution in [3.8, 4) is 0 Å². The van der Waals surface area contributed by atoms with Gasteiger partial charge in [-0.3, -0.25) is 14.4 Å². The second-order valence-corrected chi connectivity index (χ2v) is 20.7. The predicted molar refractivity (Wildman–Crippen MR) is 236 cm³/mol. The minimum Gasteiger partial charge on any atom is -0.479 e. The fourth-order valence-corrected chi connectivity index (χ4v) is 6.67. The Morgan fingerprint density at radius 3 is 1.07 bits per heavy atom. The third-order valence-electron chi connectivity index (χ3n) is 9.64. The Labute approximate surface area is 402 Å². The highest BCUT2D eigenvalue weighted by atomic mass is 16.7. The molecule has 20 atom stereocenters. The molecule has 4 rings (SSSR count). The van der Waals surface area contributed by atoms with Crippen LogP contribution in [0.5, 0.6) is 0 Å². The molecule has 13 N–H and O–H groups in total. The van der Waals surface area contributed by atoms with Gasteiger partial charge in [0.05, 0.1) is 22.4 Å². The van der Waals surface area contributed by atoms with Crippen molar-refractivity contribution < 1.29 is 123 Å². The molecular formula is C44H82O25. The molecule has 408 valence electrons. The number of aliphatic hydroxyl groups excluding tert-OH is 12. The van der Waals surface area contributed by atoms with Gasteiger partial charge in [-0.2, -0.15) is 0 Å². The average Bonchev–Trinajstić information content (AvgIpc) is 3.17. The number of ether oxygens (including phenoxy) is 8. The third-order valence-corrected chi connectivity index (χ3v) is 9.64. The Morgan fingerprint density at radius 2 is 0.667 bits per heavy atom. The monoisotopic (exact) mass is 1010 g/mol. The van der Waals surface area contributed by atoms with Crippen LogP contribution in [0.4, 0.5) is 0 Å². The van der Waals surface area contributed by atoms with Gasteiger partial charge in [-0.05, 0) is 104 Å². The number of hydrogen-bond acceptors (Lipinski definition) is 24. The van der Waals surface area contributed by atoms with Crippen LogP contribution in [0.25, 0.3) is 0 Å². The standard InChI is InChI=1S/3C11H20O6.C10H18O7.CH4/c1-5(12)8-6(13)9(17-11(2,3)4)7(14)10(15)16-8;1-5(12)9-7(14)6(13)8(15)10(16-9)17-11(2,3)4;1-5(12)8-6(13)7(14)9(10(15)16-8)17-11(2,3)4;1-10(2,3)17-6-4(11)5(12)9(15)16-7(6)8(13)14;/h3*6-10,13-15H,1-4H3;4-7,9,11-12,15H,1-3H3,(H,13,14);1H4/t6-,7-,8-,9+,10-;6-,7-,8+,9+,10-;6-,7-,8+,9+,10+;4-,5-,6+,7+,9-;/m1001./s1. The Balaban J connectivity index is 0.000000889. The van der Waals surface area contributed by atoms with E-state index in [9.17, 15) is 80.5 Å². The number of carbonyl (C=O) groups is 4. The highest BCUT2D eigenvalue weighted by Gasteiger charge is 2.51. The first-order valence-corrected chi connectivity index (χ1v) is 21.8. The van der Waals surface area contributed by atoms with Crippen LogP contribution in [0.3, 0.4) is 0 Å². The lowest BCUT2D eigenvalue weighted by molar-refractivity contribution is -0.310. The van der Waals surface area contributed by atoms with E-state index >= 15 is 0 Å². The van der Waals surface area contributed by atoms with Crippen LogP contribution in [-0.2, 0) is 57.1 Å². The fraction of sp³-hybridized carbons (Fsp3) is 0.909. The van der Waals surface area contributed by atoms with E-state index in [2.05, 4.69) is 0 Å². The quantitative estimate of drug-likeness (QED) is 0.115. The van der Waals surface area contributed by atoms with Crippen LogP contribution in [0, 0.1) is 0 Å². The van der Waals surface area contributed by atoms with Gasteiger partial charge in [0.2, 0.25) is 0 Å². The lowest BCUT2D eigenvalue weighted by Crippen LogP contribution is -2.61. The summed E-state index contributed by atoms with van der Waals surface area (Å²) in [7, 11) is 0.